The van der Waals surface area contributed by atoms with Crippen molar-refractivity contribution in [3.8, 4) is 0 Å². The van der Waals surface area contributed by atoms with Crippen molar-refractivity contribution < 1.29 is 9.15 Å². The van der Waals surface area contributed by atoms with Gasteiger partial charge < -0.3 is 25.1 Å². The molecule has 0 amide bonds. The van der Waals surface area contributed by atoms with Gasteiger partial charge >= 0.3 is 0 Å². The molecule has 8 heteroatoms. The molecule has 3 heterocycles. The predicted octanol–water partition coefficient (Wildman–Crippen LogP) is 2.14. The average Bonchev–Trinajstić information content (AvgIpc) is 2.92. The van der Waals surface area contributed by atoms with Crippen LogP contribution in [0.3, 0.4) is 0 Å². The lowest BCUT2D eigenvalue weighted by Crippen LogP contribution is -2.36. The Hall–Kier alpha value is -1.77. The molecule has 0 unspecified atom stereocenters. The van der Waals surface area contributed by atoms with Crippen LogP contribution >= 0.6 is 11.8 Å². The van der Waals surface area contributed by atoms with Gasteiger partial charge in [-0.05, 0) is 19.9 Å². The summed E-state index contributed by atoms with van der Waals surface area (Å²) in [4.78, 5) is 11.3. The summed E-state index contributed by atoms with van der Waals surface area (Å²) in [7, 11) is 0. The van der Waals surface area contributed by atoms with Crippen LogP contribution in [0.2, 0.25) is 0 Å². The van der Waals surface area contributed by atoms with E-state index in [2.05, 4.69) is 26.3 Å². The summed E-state index contributed by atoms with van der Waals surface area (Å²) in [5, 5.41) is 3.78. The number of thioether (sulfide) groups is 1. The van der Waals surface area contributed by atoms with Gasteiger partial charge in [0.25, 0.3) is 5.22 Å². The number of nitrogens with one attached hydrogen (secondary N) is 1. The lowest BCUT2D eigenvalue weighted by Gasteiger charge is -2.29. The second-order valence-electron chi connectivity index (χ2n) is 5.59. The van der Waals surface area contributed by atoms with E-state index < -0.39 is 0 Å². The molecule has 0 saturated carbocycles. The fourth-order valence-corrected chi connectivity index (χ4v) is 3.29. The molecule has 0 spiro atoms. The molecule has 24 heavy (non-hydrogen) atoms. The van der Waals surface area contributed by atoms with Crippen LogP contribution in [-0.4, -0.2) is 42.9 Å². The Kier molecular flexibility index (Phi) is 5.60. The first-order valence-corrected chi connectivity index (χ1v) is 8.98. The van der Waals surface area contributed by atoms with Crippen molar-refractivity contribution in [2.24, 2.45) is 5.73 Å². The van der Waals surface area contributed by atoms with Crippen LogP contribution in [0.4, 0.5) is 11.5 Å². The lowest BCUT2D eigenvalue weighted by molar-refractivity contribution is 0.122. The number of aromatic nitrogens is 2. The molecule has 0 aliphatic carbocycles. The number of aryl methyl sites for hydroxylation is 2. The Labute approximate surface area is 146 Å². The van der Waals surface area contributed by atoms with Gasteiger partial charge in [-0.1, -0.05) is 11.8 Å². The minimum Gasteiger partial charge on any atom is -0.437 e. The Morgan fingerprint density at radius 2 is 2.04 bits per heavy atom. The van der Waals surface area contributed by atoms with E-state index in [1.165, 1.54) is 0 Å². The fourth-order valence-electron chi connectivity index (χ4n) is 2.49. The molecule has 130 valence electrons. The molecule has 7 nitrogen and oxygen atoms in total. The molecule has 1 fully saturated rings. The van der Waals surface area contributed by atoms with E-state index in [0.29, 0.717) is 17.6 Å². The van der Waals surface area contributed by atoms with E-state index in [9.17, 15) is 0 Å². The summed E-state index contributed by atoms with van der Waals surface area (Å²) in [5.74, 6) is 2.34. The summed E-state index contributed by atoms with van der Waals surface area (Å²) >= 11 is 1.55. The minimum absolute atomic E-state index is 0.351. The van der Waals surface area contributed by atoms with Gasteiger partial charge in [-0.3, -0.25) is 0 Å². The van der Waals surface area contributed by atoms with E-state index in [1.807, 2.05) is 19.9 Å². The Morgan fingerprint density at radius 1 is 1.25 bits per heavy atom. The third-order valence-corrected chi connectivity index (χ3v) is 4.74. The number of hydrogen-bond acceptors (Lipinski definition) is 8. The number of hydrogen-bond donors (Lipinski definition) is 2. The van der Waals surface area contributed by atoms with Gasteiger partial charge in [0.2, 0.25) is 0 Å². The third-order valence-electron chi connectivity index (χ3n) is 3.87. The van der Waals surface area contributed by atoms with E-state index in [1.54, 1.807) is 11.8 Å². The zero-order chi connectivity index (χ0) is 16.9. The van der Waals surface area contributed by atoms with Crippen molar-refractivity contribution in [2.45, 2.75) is 24.8 Å². The van der Waals surface area contributed by atoms with Gasteiger partial charge in [-0.15, -0.1) is 0 Å². The maximum Gasteiger partial charge on any atom is 0.256 e. The van der Waals surface area contributed by atoms with Crippen molar-refractivity contribution in [1.29, 1.82) is 0 Å². The number of morpholine rings is 1. The van der Waals surface area contributed by atoms with Crippen LogP contribution in [0.5, 0.6) is 0 Å². The molecular weight excluding hydrogens is 326 g/mol. The van der Waals surface area contributed by atoms with Crippen LogP contribution in [0.25, 0.3) is 0 Å². The number of ether oxygens (including phenoxy) is 1. The molecule has 1 aliphatic heterocycles. The van der Waals surface area contributed by atoms with Gasteiger partial charge in [0.1, 0.15) is 11.6 Å². The van der Waals surface area contributed by atoms with E-state index >= 15 is 0 Å². The zero-order valence-corrected chi connectivity index (χ0v) is 14.9. The fraction of sp³-hybridized carbons (Fsp3) is 0.500. The molecule has 2 aromatic rings. The standard InChI is InChI=1S/C16H23N5O2S/c1-11-12(2)23-16(19-11)24-9-13-7-14(8-15(20-13)18-10-17)21-3-5-22-6-4-21/h7-8H,3-6,9-10,17H2,1-2H3,(H,18,20). The number of rotatable bonds is 6. The van der Waals surface area contributed by atoms with Crippen LogP contribution < -0.4 is 16.0 Å². The molecule has 2 aromatic heterocycles. The van der Waals surface area contributed by atoms with Crippen LogP contribution in [0.15, 0.2) is 21.8 Å². The number of oxazole rings is 1. The Bertz CT molecular complexity index is 666. The number of anilines is 2. The van der Waals surface area contributed by atoms with Crippen LogP contribution in [0.1, 0.15) is 17.1 Å². The molecule has 3 rings (SSSR count). The zero-order valence-electron chi connectivity index (χ0n) is 14.0. The predicted molar refractivity (Wildman–Crippen MR) is 95.5 cm³/mol. The number of nitrogens with zero attached hydrogens (tertiary/aromatic N) is 3. The second kappa shape index (κ2) is 7.87. The number of nitrogens with two attached hydrogens (primary N) is 1. The largest absolute Gasteiger partial charge is 0.437 e. The summed E-state index contributed by atoms with van der Waals surface area (Å²) in [6.45, 7) is 7.50. The van der Waals surface area contributed by atoms with Crippen LogP contribution in [-0.2, 0) is 10.5 Å². The van der Waals surface area contributed by atoms with Crippen LogP contribution in [0, 0.1) is 13.8 Å². The SMILES string of the molecule is Cc1nc(SCc2cc(N3CCOCC3)cc(NCN)n2)oc1C. The topological polar surface area (TPSA) is 89.4 Å². The van der Waals surface area contributed by atoms with Crippen molar-refractivity contribution >= 4 is 23.3 Å². The molecule has 0 bridgehead atoms. The third kappa shape index (κ3) is 4.19. The van der Waals surface area contributed by atoms with Gasteiger partial charge in [0, 0.05) is 30.6 Å². The van der Waals surface area contributed by atoms with Crippen molar-refractivity contribution in [2.75, 3.05) is 43.2 Å². The van der Waals surface area contributed by atoms with Crippen molar-refractivity contribution in [3.05, 3.63) is 29.3 Å². The molecular formula is C16H23N5O2S. The van der Waals surface area contributed by atoms with Gasteiger partial charge in [0.15, 0.2) is 0 Å². The first-order valence-electron chi connectivity index (χ1n) is 8.00. The summed E-state index contributed by atoms with van der Waals surface area (Å²) in [6.07, 6.45) is 0. The molecule has 1 saturated heterocycles. The highest BCUT2D eigenvalue weighted by Gasteiger charge is 2.14. The monoisotopic (exact) mass is 349 g/mol. The summed E-state index contributed by atoms with van der Waals surface area (Å²) in [5.41, 5.74) is 8.64. The molecule has 3 N–H and O–H groups in total. The van der Waals surface area contributed by atoms with E-state index in [4.69, 9.17) is 14.9 Å². The highest BCUT2D eigenvalue weighted by molar-refractivity contribution is 7.98. The second-order valence-corrected chi connectivity index (χ2v) is 6.52. The van der Waals surface area contributed by atoms with E-state index in [0.717, 1.165) is 55.0 Å². The quantitative estimate of drug-likeness (QED) is 0.606. The van der Waals surface area contributed by atoms with E-state index in [-0.39, 0.29) is 0 Å². The minimum atomic E-state index is 0.351. The van der Waals surface area contributed by atoms with Crippen molar-refractivity contribution in [1.82, 2.24) is 9.97 Å². The molecule has 1 aliphatic rings. The first-order chi connectivity index (χ1) is 11.7. The lowest BCUT2D eigenvalue weighted by atomic mass is 10.2. The van der Waals surface area contributed by atoms with Crippen molar-refractivity contribution in [3.63, 3.8) is 0 Å². The first kappa shape index (κ1) is 17.1. The number of pyridine rings is 1. The average molecular weight is 349 g/mol. The highest BCUT2D eigenvalue weighted by atomic mass is 32.2. The smallest absolute Gasteiger partial charge is 0.256 e. The van der Waals surface area contributed by atoms with Gasteiger partial charge in [-0.2, -0.15) is 0 Å². The Balaban J connectivity index is 1.76. The molecule has 0 aromatic carbocycles. The summed E-state index contributed by atoms with van der Waals surface area (Å²) in [6, 6.07) is 4.15. The summed E-state index contributed by atoms with van der Waals surface area (Å²) < 4.78 is 11.1. The van der Waals surface area contributed by atoms with Gasteiger partial charge in [-0.25, -0.2) is 9.97 Å². The normalized spacial score (nSPS) is 14.9. The Morgan fingerprint density at radius 3 is 2.71 bits per heavy atom. The van der Waals surface area contributed by atoms with Gasteiger partial charge in [0.05, 0.1) is 31.3 Å². The molecule has 0 atom stereocenters. The maximum absolute atomic E-state index is 5.62. The highest BCUT2D eigenvalue weighted by Crippen LogP contribution is 2.27. The molecule has 0 radical (unpaired) electrons. The maximum atomic E-state index is 5.62.